The van der Waals surface area contributed by atoms with Gasteiger partial charge < -0.3 is 14.8 Å². The SMILES string of the molecule is COCC(C)N1C(=O)c2ccc(C(=O)NCCCCC(=O)OC)cc2C1=O. The molecule has 0 spiro atoms. The molecule has 8 heteroatoms. The fraction of sp³-hybridized carbons (Fsp3) is 0.474. The van der Waals surface area contributed by atoms with Crippen LogP contribution in [0.25, 0.3) is 0 Å². The van der Waals surface area contributed by atoms with Gasteiger partial charge in [-0.1, -0.05) is 0 Å². The van der Waals surface area contributed by atoms with Crippen molar-refractivity contribution in [1.29, 1.82) is 0 Å². The molecule has 0 fully saturated rings. The third kappa shape index (κ3) is 4.71. The summed E-state index contributed by atoms with van der Waals surface area (Å²) in [6.45, 7) is 2.37. The lowest BCUT2D eigenvalue weighted by Crippen LogP contribution is -2.40. The van der Waals surface area contributed by atoms with Gasteiger partial charge in [-0.25, -0.2) is 0 Å². The van der Waals surface area contributed by atoms with Crippen LogP contribution >= 0.6 is 0 Å². The van der Waals surface area contributed by atoms with Crippen molar-refractivity contribution in [3.05, 3.63) is 34.9 Å². The van der Waals surface area contributed by atoms with E-state index >= 15 is 0 Å². The van der Waals surface area contributed by atoms with Gasteiger partial charge in [-0.15, -0.1) is 0 Å². The molecule has 8 nitrogen and oxygen atoms in total. The second kappa shape index (κ2) is 9.27. The van der Waals surface area contributed by atoms with Crippen molar-refractivity contribution in [3.63, 3.8) is 0 Å². The molecular weight excluding hydrogens is 352 g/mol. The first-order chi connectivity index (χ1) is 12.9. The van der Waals surface area contributed by atoms with E-state index in [-0.39, 0.29) is 35.5 Å². The monoisotopic (exact) mass is 376 g/mol. The van der Waals surface area contributed by atoms with Gasteiger partial charge in [-0.2, -0.15) is 0 Å². The molecule has 27 heavy (non-hydrogen) atoms. The normalized spacial score (nSPS) is 14.1. The molecular formula is C19H24N2O6. The largest absolute Gasteiger partial charge is 0.469 e. The number of carbonyl (C=O) groups is 4. The number of esters is 1. The van der Waals surface area contributed by atoms with E-state index in [0.717, 1.165) is 4.90 Å². The molecule has 1 aliphatic heterocycles. The minimum atomic E-state index is -0.424. The van der Waals surface area contributed by atoms with Crippen molar-refractivity contribution in [1.82, 2.24) is 10.2 Å². The quantitative estimate of drug-likeness (QED) is 0.397. The highest BCUT2D eigenvalue weighted by atomic mass is 16.5. The first-order valence-corrected chi connectivity index (χ1v) is 8.76. The van der Waals surface area contributed by atoms with E-state index in [9.17, 15) is 19.2 Å². The number of fused-ring (bicyclic) bond motifs is 1. The molecule has 2 rings (SSSR count). The van der Waals surface area contributed by atoms with E-state index in [4.69, 9.17) is 4.74 Å². The molecule has 1 aliphatic rings. The second-order valence-corrected chi connectivity index (χ2v) is 6.33. The van der Waals surface area contributed by atoms with Gasteiger partial charge in [-0.05, 0) is 38.0 Å². The van der Waals surface area contributed by atoms with Crippen molar-refractivity contribution in [2.75, 3.05) is 27.4 Å². The molecule has 1 aromatic carbocycles. The highest BCUT2D eigenvalue weighted by Gasteiger charge is 2.38. The average molecular weight is 376 g/mol. The van der Waals surface area contributed by atoms with Crippen LogP contribution in [0.4, 0.5) is 0 Å². The molecule has 1 aromatic rings. The van der Waals surface area contributed by atoms with Crippen LogP contribution in [-0.4, -0.2) is 62.0 Å². The van der Waals surface area contributed by atoms with Gasteiger partial charge in [0, 0.05) is 25.6 Å². The highest BCUT2D eigenvalue weighted by molar-refractivity contribution is 6.22. The van der Waals surface area contributed by atoms with Crippen LogP contribution in [0.3, 0.4) is 0 Å². The Hall–Kier alpha value is -2.74. The van der Waals surface area contributed by atoms with Crippen molar-refractivity contribution in [2.24, 2.45) is 0 Å². The molecule has 0 saturated carbocycles. The van der Waals surface area contributed by atoms with Crippen LogP contribution in [0.5, 0.6) is 0 Å². The average Bonchev–Trinajstić information content (AvgIpc) is 2.91. The summed E-state index contributed by atoms with van der Waals surface area (Å²) in [5.41, 5.74) is 0.822. The third-order valence-electron chi connectivity index (χ3n) is 4.35. The Morgan fingerprint density at radius 2 is 1.81 bits per heavy atom. The number of hydrogen-bond donors (Lipinski definition) is 1. The minimum Gasteiger partial charge on any atom is -0.469 e. The van der Waals surface area contributed by atoms with E-state index in [1.54, 1.807) is 6.92 Å². The number of unbranched alkanes of at least 4 members (excludes halogenated alkanes) is 1. The van der Waals surface area contributed by atoms with Gasteiger partial charge in [0.1, 0.15) is 0 Å². The van der Waals surface area contributed by atoms with Crippen molar-refractivity contribution in [2.45, 2.75) is 32.2 Å². The number of rotatable bonds is 9. The summed E-state index contributed by atoms with van der Waals surface area (Å²) in [5.74, 6) is -1.42. The van der Waals surface area contributed by atoms with Gasteiger partial charge in [0.05, 0.1) is 30.9 Å². The number of nitrogens with one attached hydrogen (secondary N) is 1. The first kappa shape index (κ1) is 20.6. The fourth-order valence-corrected chi connectivity index (χ4v) is 2.92. The summed E-state index contributed by atoms with van der Waals surface area (Å²) in [4.78, 5) is 49.5. The number of imide groups is 1. The van der Waals surface area contributed by atoms with Crippen LogP contribution in [-0.2, 0) is 14.3 Å². The molecule has 1 N–H and O–H groups in total. The van der Waals surface area contributed by atoms with Crippen molar-refractivity contribution >= 4 is 23.7 Å². The van der Waals surface area contributed by atoms with Crippen molar-refractivity contribution < 1.29 is 28.7 Å². The molecule has 1 unspecified atom stereocenters. The van der Waals surface area contributed by atoms with Gasteiger partial charge in [0.15, 0.2) is 0 Å². The number of methoxy groups -OCH3 is 2. The number of carbonyl (C=O) groups excluding carboxylic acids is 4. The molecule has 1 heterocycles. The molecule has 146 valence electrons. The van der Waals surface area contributed by atoms with Crippen LogP contribution in [0.2, 0.25) is 0 Å². The molecule has 0 radical (unpaired) electrons. The van der Waals surface area contributed by atoms with Gasteiger partial charge in [-0.3, -0.25) is 24.1 Å². The van der Waals surface area contributed by atoms with Gasteiger partial charge in [0.25, 0.3) is 17.7 Å². The lowest BCUT2D eigenvalue weighted by atomic mass is 10.1. The molecule has 0 saturated heterocycles. The highest BCUT2D eigenvalue weighted by Crippen LogP contribution is 2.26. The zero-order valence-electron chi connectivity index (χ0n) is 15.7. The molecule has 1 atom stereocenters. The topological polar surface area (TPSA) is 102 Å². The number of benzene rings is 1. The van der Waals surface area contributed by atoms with Crippen molar-refractivity contribution in [3.8, 4) is 0 Å². The zero-order valence-corrected chi connectivity index (χ0v) is 15.7. The summed E-state index contributed by atoms with van der Waals surface area (Å²) in [5, 5.41) is 2.74. The Bertz CT molecular complexity index is 746. The second-order valence-electron chi connectivity index (χ2n) is 6.33. The fourth-order valence-electron chi connectivity index (χ4n) is 2.92. The Balaban J connectivity index is 1.98. The predicted octanol–water partition coefficient (Wildman–Crippen LogP) is 1.39. The van der Waals surface area contributed by atoms with Gasteiger partial charge >= 0.3 is 5.97 Å². The summed E-state index contributed by atoms with van der Waals surface area (Å²) >= 11 is 0. The first-order valence-electron chi connectivity index (χ1n) is 8.76. The Labute approximate surface area is 157 Å². The molecule has 0 aromatic heterocycles. The van der Waals surface area contributed by atoms with E-state index in [0.29, 0.717) is 31.4 Å². The summed E-state index contributed by atoms with van der Waals surface area (Å²) in [6.07, 6.45) is 1.54. The lowest BCUT2D eigenvalue weighted by molar-refractivity contribution is -0.140. The number of ether oxygens (including phenoxy) is 2. The number of amides is 3. The summed E-state index contributed by atoms with van der Waals surface area (Å²) in [6, 6.07) is 4.08. The minimum absolute atomic E-state index is 0.223. The number of hydrogen-bond acceptors (Lipinski definition) is 6. The maximum Gasteiger partial charge on any atom is 0.305 e. The van der Waals surface area contributed by atoms with E-state index in [1.807, 2.05) is 0 Å². The van der Waals surface area contributed by atoms with Crippen LogP contribution in [0.15, 0.2) is 18.2 Å². The number of nitrogens with zero attached hydrogens (tertiary/aromatic N) is 1. The maximum absolute atomic E-state index is 12.6. The Morgan fingerprint density at radius 3 is 2.48 bits per heavy atom. The predicted molar refractivity (Wildman–Crippen MR) is 96.5 cm³/mol. The van der Waals surface area contributed by atoms with Gasteiger partial charge in [0.2, 0.25) is 0 Å². The van der Waals surface area contributed by atoms with Crippen LogP contribution < -0.4 is 5.32 Å². The molecule has 0 bridgehead atoms. The Kier molecular flexibility index (Phi) is 7.06. The van der Waals surface area contributed by atoms with E-state index in [2.05, 4.69) is 10.1 Å². The van der Waals surface area contributed by atoms with Crippen LogP contribution in [0, 0.1) is 0 Å². The maximum atomic E-state index is 12.6. The van der Waals surface area contributed by atoms with Crippen LogP contribution in [0.1, 0.15) is 57.3 Å². The zero-order chi connectivity index (χ0) is 20.0. The van der Waals surface area contributed by atoms with E-state index < -0.39 is 11.9 Å². The lowest BCUT2D eigenvalue weighted by Gasteiger charge is -2.21. The molecule has 3 amide bonds. The smallest absolute Gasteiger partial charge is 0.305 e. The summed E-state index contributed by atoms with van der Waals surface area (Å²) in [7, 11) is 2.84. The Morgan fingerprint density at radius 1 is 1.11 bits per heavy atom. The standard InChI is InChI=1S/C19H24N2O6/c1-12(11-26-2)21-18(24)14-8-7-13(10-15(14)19(21)25)17(23)20-9-5-4-6-16(22)27-3/h7-8,10,12H,4-6,9,11H2,1-3H3,(H,20,23). The third-order valence-corrected chi connectivity index (χ3v) is 4.35. The van der Waals surface area contributed by atoms with E-state index in [1.165, 1.54) is 32.4 Å². The molecule has 0 aliphatic carbocycles. The summed E-state index contributed by atoms with van der Waals surface area (Å²) < 4.78 is 9.57.